The Morgan fingerprint density at radius 2 is 1.95 bits per heavy atom. The number of halogens is 2. The average molecular weight is 421 g/mol. The fourth-order valence-corrected chi connectivity index (χ4v) is 4.23. The first-order chi connectivity index (χ1) is 9.94. The Balaban J connectivity index is 1.80. The van der Waals surface area contributed by atoms with Gasteiger partial charge in [0.05, 0.1) is 4.47 Å². The highest BCUT2D eigenvalue weighted by Crippen LogP contribution is 2.28. The van der Waals surface area contributed by atoms with E-state index in [1.54, 1.807) is 0 Å². The first-order valence-corrected chi connectivity index (χ1v) is 9.01. The molecule has 3 atom stereocenters. The van der Waals surface area contributed by atoms with E-state index in [0.29, 0.717) is 25.0 Å². The Kier molecular flexibility index (Phi) is 6.53. The molecule has 5 heteroatoms. The van der Waals surface area contributed by atoms with Crippen LogP contribution in [-0.2, 0) is 0 Å². The van der Waals surface area contributed by atoms with E-state index in [0.717, 1.165) is 27.8 Å². The quantitative estimate of drug-likeness (QED) is 0.783. The number of ether oxygens (including phenoxy) is 1. The number of piperidine rings is 1. The Hall–Kier alpha value is -0.100. The maximum Gasteiger partial charge on any atom is 0.133 e. The first kappa shape index (κ1) is 17.3. The number of aliphatic hydroxyl groups is 1. The highest BCUT2D eigenvalue weighted by Gasteiger charge is 2.23. The average Bonchev–Trinajstić information content (AvgIpc) is 2.36. The molecule has 0 radical (unpaired) electrons. The van der Waals surface area contributed by atoms with E-state index in [1.807, 2.05) is 18.2 Å². The zero-order valence-electron chi connectivity index (χ0n) is 12.6. The molecular formula is C16H23Br2NO2. The van der Waals surface area contributed by atoms with Gasteiger partial charge in [0.2, 0.25) is 0 Å². The minimum Gasteiger partial charge on any atom is -0.490 e. The van der Waals surface area contributed by atoms with Crippen molar-refractivity contribution in [1.82, 2.24) is 4.90 Å². The summed E-state index contributed by atoms with van der Waals surface area (Å²) in [6.45, 7) is 7.71. The molecule has 0 saturated carbocycles. The first-order valence-electron chi connectivity index (χ1n) is 7.42. The SMILES string of the molecule is C[C@@H]1C[C@H](C)CN(C[C@H](O)COc2ccc(Br)cc2Br)C1. The molecular weight excluding hydrogens is 398 g/mol. The lowest BCUT2D eigenvalue weighted by atomic mass is 9.92. The molecule has 0 spiro atoms. The van der Waals surface area contributed by atoms with Crippen LogP contribution in [-0.4, -0.2) is 42.4 Å². The topological polar surface area (TPSA) is 32.7 Å². The van der Waals surface area contributed by atoms with Crippen LogP contribution in [0.1, 0.15) is 20.3 Å². The highest BCUT2D eigenvalue weighted by molar-refractivity contribution is 9.11. The summed E-state index contributed by atoms with van der Waals surface area (Å²) < 4.78 is 7.60. The van der Waals surface area contributed by atoms with Crippen molar-refractivity contribution in [1.29, 1.82) is 0 Å². The van der Waals surface area contributed by atoms with Gasteiger partial charge in [0.1, 0.15) is 18.5 Å². The molecule has 0 aliphatic carbocycles. The van der Waals surface area contributed by atoms with Gasteiger partial charge in [-0.05, 0) is 52.4 Å². The number of hydrogen-bond donors (Lipinski definition) is 1. The number of nitrogens with zero attached hydrogens (tertiary/aromatic N) is 1. The van der Waals surface area contributed by atoms with E-state index in [1.165, 1.54) is 6.42 Å². The Morgan fingerprint density at radius 1 is 1.29 bits per heavy atom. The van der Waals surface area contributed by atoms with Crippen LogP contribution in [0.5, 0.6) is 5.75 Å². The second-order valence-corrected chi connectivity index (χ2v) is 7.97. The minimum atomic E-state index is -0.460. The van der Waals surface area contributed by atoms with Crippen molar-refractivity contribution < 1.29 is 9.84 Å². The molecule has 118 valence electrons. The van der Waals surface area contributed by atoms with Crippen LogP contribution < -0.4 is 4.74 Å². The van der Waals surface area contributed by atoms with Crippen LogP contribution in [0.2, 0.25) is 0 Å². The third-order valence-electron chi connectivity index (χ3n) is 3.74. The number of benzene rings is 1. The van der Waals surface area contributed by atoms with Crippen LogP contribution in [0, 0.1) is 11.8 Å². The summed E-state index contributed by atoms with van der Waals surface area (Å²) in [5.41, 5.74) is 0. The third-order valence-corrected chi connectivity index (χ3v) is 4.85. The van der Waals surface area contributed by atoms with Crippen molar-refractivity contribution in [3.05, 3.63) is 27.1 Å². The Morgan fingerprint density at radius 3 is 2.57 bits per heavy atom. The van der Waals surface area contributed by atoms with Crippen molar-refractivity contribution in [3.63, 3.8) is 0 Å². The van der Waals surface area contributed by atoms with Crippen LogP contribution in [0.3, 0.4) is 0 Å². The molecule has 1 heterocycles. The molecule has 0 aromatic heterocycles. The molecule has 0 unspecified atom stereocenters. The largest absolute Gasteiger partial charge is 0.490 e. The molecule has 1 aliphatic rings. The van der Waals surface area contributed by atoms with E-state index < -0.39 is 6.10 Å². The van der Waals surface area contributed by atoms with Crippen molar-refractivity contribution in [2.24, 2.45) is 11.8 Å². The number of aliphatic hydroxyl groups excluding tert-OH is 1. The predicted octanol–water partition coefficient (Wildman–Crippen LogP) is 3.93. The number of β-amino-alcohol motifs (C(OH)–C–C–N with tert-alkyl or cyclic N) is 1. The normalized spacial score (nSPS) is 24.8. The zero-order valence-corrected chi connectivity index (χ0v) is 15.7. The Bertz CT molecular complexity index is 460. The summed E-state index contributed by atoms with van der Waals surface area (Å²) in [6.07, 6.45) is 0.827. The molecule has 1 fully saturated rings. The summed E-state index contributed by atoms with van der Waals surface area (Å²) in [7, 11) is 0. The van der Waals surface area contributed by atoms with Gasteiger partial charge >= 0.3 is 0 Å². The van der Waals surface area contributed by atoms with Gasteiger partial charge in [-0.2, -0.15) is 0 Å². The van der Waals surface area contributed by atoms with Gasteiger partial charge in [-0.25, -0.2) is 0 Å². The minimum absolute atomic E-state index is 0.319. The number of hydrogen-bond acceptors (Lipinski definition) is 3. The Labute approximate surface area is 143 Å². The molecule has 1 aliphatic heterocycles. The van der Waals surface area contributed by atoms with Crippen LogP contribution in [0.25, 0.3) is 0 Å². The van der Waals surface area contributed by atoms with Crippen LogP contribution in [0.15, 0.2) is 27.1 Å². The van der Waals surface area contributed by atoms with E-state index >= 15 is 0 Å². The molecule has 1 aromatic rings. The molecule has 0 bridgehead atoms. The van der Waals surface area contributed by atoms with Gasteiger partial charge in [-0.15, -0.1) is 0 Å². The lowest BCUT2D eigenvalue weighted by Crippen LogP contribution is -2.44. The molecule has 1 N–H and O–H groups in total. The van der Waals surface area contributed by atoms with E-state index in [-0.39, 0.29) is 0 Å². The maximum absolute atomic E-state index is 10.2. The van der Waals surface area contributed by atoms with Crippen LogP contribution in [0.4, 0.5) is 0 Å². The lowest BCUT2D eigenvalue weighted by Gasteiger charge is -2.35. The number of likely N-dealkylation sites (tertiary alicyclic amines) is 1. The van der Waals surface area contributed by atoms with Crippen molar-refractivity contribution in [3.8, 4) is 5.75 Å². The van der Waals surface area contributed by atoms with Gasteiger partial charge in [0.25, 0.3) is 0 Å². The summed E-state index contributed by atoms with van der Waals surface area (Å²) in [6, 6.07) is 5.77. The van der Waals surface area contributed by atoms with Gasteiger partial charge in [-0.3, -0.25) is 0 Å². The van der Waals surface area contributed by atoms with Crippen molar-refractivity contribution >= 4 is 31.9 Å². The fourth-order valence-electron chi connectivity index (χ4n) is 3.07. The van der Waals surface area contributed by atoms with E-state index in [2.05, 4.69) is 50.6 Å². The summed E-state index contributed by atoms with van der Waals surface area (Å²) in [5.74, 6) is 2.18. The standard InChI is InChI=1S/C16H23Br2NO2/c1-11-5-12(2)8-19(7-11)9-14(20)10-21-16-4-3-13(17)6-15(16)18/h3-4,6,11-12,14,20H,5,7-10H2,1-2H3/t11-,12+,14-/m0/s1. The smallest absolute Gasteiger partial charge is 0.133 e. The van der Waals surface area contributed by atoms with Gasteiger partial charge in [0, 0.05) is 24.1 Å². The second-order valence-electron chi connectivity index (χ2n) is 6.20. The molecule has 3 nitrogen and oxygen atoms in total. The molecule has 1 saturated heterocycles. The molecule has 2 rings (SSSR count). The van der Waals surface area contributed by atoms with Gasteiger partial charge in [0.15, 0.2) is 0 Å². The molecule has 21 heavy (non-hydrogen) atoms. The summed E-state index contributed by atoms with van der Waals surface area (Å²) in [5, 5.41) is 10.2. The summed E-state index contributed by atoms with van der Waals surface area (Å²) in [4.78, 5) is 2.35. The lowest BCUT2D eigenvalue weighted by molar-refractivity contribution is 0.0427. The molecule has 0 amide bonds. The predicted molar refractivity (Wildman–Crippen MR) is 92.7 cm³/mol. The summed E-state index contributed by atoms with van der Waals surface area (Å²) >= 11 is 6.88. The fraction of sp³-hybridized carbons (Fsp3) is 0.625. The zero-order chi connectivity index (χ0) is 15.4. The van der Waals surface area contributed by atoms with Crippen molar-refractivity contribution in [2.45, 2.75) is 26.4 Å². The van der Waals surface area contributed by atoms with Crippen molar-refractivity contribution in [2.75, 3.05) is 26.2 Å². The molecule has 1 aromatic carbocycles. The van der Waals surface area contributed by atoms with E-state index in [4.69, 9.17) is 4.74 Å². The van der Waals surface area contributed by atoms with Gasteiger partial charge in [-0.1, -0.05) is 29.8 Å². The van der Waals surface area contributed by atoms with E-state index in [9.17, 15) is 5.11 Å². The van der Waals surface area contributed by atoms with Gasteiger partial charge < -0.3 is 14.7 Å². The monoisotopic (exact) mass is 419 g/mol. The number of rotatable bonds is 5. The van der Waals surface area contributed by atoms with Crippen LogP contribution >= 0.6 is 31.9 Å². The maximum atomic E-state index is 10.2. The highest BCUT2D eigenvalue weighted by atomic mass is 79.9. The second kappa shape index (κ2) is 7.95. The third kappa shape index (κ3) is 5.55.